The summed E-state index contributed by atoms with van der Waals surface area (Å²) in [6, 6.07) is 6.63. The maximum absolute atomic E-state index is 12.3. The number of nitrogens with one attached hydrogen (secondary N) is 3. The molecule has 10 heteroatoms. The first kappa shape index (κ1) is 19.5. The van der Waals surface area contributed by atoms with Crippen LogP contribution in [0.2, 0.25) is 0 Å². The number of urea groups is 1. The number of amides is 3. The van der Waals surface area contributed by atoms with E-state index >= 15 is 0 Å². The van der Waals surface area contributed by atoms with Crippen LogP contribution in [0.15, 0.2) is 36.7 Å². The van der Waals surface area contributed by atoms with Crippen LogP contribution < -0.4 is 26.4 Å². The number of carbonyl (C=O) groups is 2. The normalized spacial score (nSPS) is 10.5. The van der Waals surface area contributed by atoms with Crippen molar-refractivity contribution < 1.29 is 14.3 Å². The van der Waals surface area contributed by atoms with E-state index in [4.69, 9.17) is 10.5 Å². The van der Waals surface area contributed by atoms with E-state index in [2.05, 4.69) is 25.9 Å². The average Bonchev–Trinajstić information content (AvgIpc) is 3.10. The summed E-state index contributed by atoms with van der Waals surface area (Å²) < 4.78 is 6.17. The lowest BCUT2D eigenvalue weighted by Gasteiger charge is -2.07. The van der Waals surface area contributed by atoms with Gasteiger partial charge in [-0.3, -0.25) is 15.1 Å². The van der Waals surface area contributed by atoms with E-state index < -0.39 is 6.03 Å². The summed E-state index contributed by atoms with van der Waals surface area (Å²) in [4.78, 5) is 32.7. The third kappa shape index (κ3) is 4.72. The number of hydrogen-bond donors (Lipinski definition) is 4. The van der Waals surface area contributed by atoms with E-state index in [0.717, 1.165) is 4.70 Å². The summed E-state index contributed by atoms with van der Waals surface area (Å²) in [5, 5.41) is 8.50. The maximum atomic E-state index is 12.3. The van der Waals surface area contributed by atoms with Gasteiger partial charge in [-0.15, -0.1) is 0 Å². The molecule has 0 aliphatic carbocycles. The second-order valence-electron chi connectivity index (χ2n) is 5.77. The number of fused-ring (bicyclic) bond motifs is 1. The molecule has 0 radical (unpaired) electrons. The predicted octanol–water partition coefficient (Wildman–Crippen LogP) is 2.42. The van der Waals surface area contributed by atoms with Gasteiger partial charge in [0.15, 0.2) is 5.13 Å². The number of carbonyl (C=O) groups excluding carboxylic acids is 2. The highest BCUT2D eigenvalue weighted by Gasteiger charge is 2.12. The van der Waals surface area contributed by atoms with Gasteiger partial charge >= 0.3 is 6.03 Å². The molecule has 0 fully saturated rings. The largest absolute Gasteiger partial charge is 0.494 e. The molecule has 2 heterocycles. The number of pyridine rings is 1. The standard InChI is InChI=1S/C18H20N6O3S/c1-27-13-4-2-5-14-15(13)23-18(28-14)24-17(26)22-12-8-11(9-20-10-12)16(25)21-7-3-6-19/h2,4-5,8-10H,3,6-7,19H2,1H3,(H,21,25)(H2,22,23,24,26). The van der Waals surface area contributed by atoms with Crippen LogP contribution in [0.4, 0.5) is 15.6 Å². The van der Waals surface area contributed by atoms with E-state index in [1.165, 1.54) is 23.7 Å². The van der Waals surface area contributed by atoms with Crippen molar-refractivity contribution in [3.8, 4) is 5.75 Å². The minimum absolute atomic E-state index is 0.275. The fourth-order valence-electron chi connectivity index (χ4n) is 2.44. The lowest BCUT2D eigenvalue weighted by molar-refractivity contribution is 0.0953. The van der Waals surface area contributed by atoms with E-state index in [-0.39, 0.29) is 5.91 Å². The number of para-hydroxylation sites is 1. The molecule has 0 saturated heterocycles. The first-order valence-corrected chi connectivity index (χ1v) is 9.37. The summed E-state index contributed by atoms with van der Waals surface area (Å²) in [6.45, 7) is 0.979. The Morgan fingerprint density at radius 1 is 1.25 bits per heavy atom. The van der Waals surface area contributed by atoms with Gasteiger partial charge in [0.1, 0.15) is 11.3 Å². The molecule has 3 rings (SSSR count). The zero-order valence-corrected chi connectivity index (χ0v) is 16.0. The molecule has 3 aromatic rings. The molecule has 0 aliphatic rings. The van der Waals surface area contributed by atoms with Gasteiger partial charge in [-0.1, -0.05) is 17.4 Å². The third-order valence-corrected chi connectivity index (χ3v) is 4.68. The number of ether oxygens (including phenoxy) is 1. The van der Waals surface area contributed by atoms with Crippen LogP contribution >= 0.6 is 11.3 Å². The van der Waals surface area contributed by atoms with Gasteiger partial charge in [0.25, 0.3) is 5.91 Å². The Morgan fingerprint density at radius 3 is 2.89 bits per heavy atom. The summed E-state index contributed by atoms with van der Waals surface area (Å²) in [5.74, 6) is 0.364. The average molecular weight is 400 g/mol. The monoisotopic (exact) mass is 400 g/mol. The molecular weight excluding hydrogens is 380 g/mol. The second-order valence-corrected chi connectivity index (χ2v) is 6.80. The Hall–Kier alpha value is -3.24. The molecule has 2 aromatic heterocycles. The van der Waals surface area contributed by atoms with Gasteiger partial charge in [-0.2, -0.15) is 0 Å². The molecule has 0 aliphatic heterocycles. The van der Waals surface area contributed by atoms with Crippen LogP contribution in [0, 0.1) is 0 Å². The lowest BCUT2D eigenvalue weighted by Crippen LogP contribution is -2.26. The SMILES string of the molecule is COc1cccc2sc(NC(=O)Nc3cncc(C(=O)NCCCN)c3)nc12. The molecular formula is C18H20N6O3S. The van der Waals surface area contributed by atoms with Gasteiger partial charge in [0.05, 0.1) is 29.3 Å². The molecule has 3 amide bonds. The van der Waals surface area contributed by atoms with Crippen molar-refractivity contribution in [2.75, 3.05) is 30.8 Å². The highest BCUT2D eigenvalue weighted by Crippen LogP contribution is 2.32. The number of aromatic nitrogens is 2. The van der Waals surface area contributed by atoms with E-state index in [1.54, 1.807) is 13.2 Å². The van der Waals surface area contributed by atoms with Crippen LogP contribution in [0.1, 0.15) is 16.8 Å². The number of methoxy groups -OCH3 is 1. The number of anilines is 2. The van der Waals surface area contributed by atoms with Crippen molar-refractivity contribution in [1.29, 1.82) is 0 Å². The van der Waals surface area contributed by atoms with Crippen LogP contribution in [-0.4, -0.2) is 42.1 Å². The molecule has 1 aromatic carbocycles. The Morgan fingerprint density at radius 2 is 2.11 bits per heavy atom. The number of nitrogens with two attached hydrogens (primary N) is 1. The van der Waals surface area contributed by atoms with Gasteiger partial charge in [0.2, 0.25) is 0 Å². The van der Waals surface area contributed by atoms with Gasteiger partial charge in [-0.25, -0.2) is 9.78 Å². The van der Waals surface area contributed by atoms with Crippen molar-refractivity contribution in [2.24, 2.45) is 5.73 Å². The number of benzene rings is 1. The van der Waals surface area contributed by atoms with E-state index in [9.17, 15) is 9.59 Å². The minimum Gasteiger partial charge on any atom is -0.494 e. The predicted molar refractivity (Wildman–Crippen MR) is 109 cm³/mol. The summed E-state index contributed by atoms with van der Waals surface area (Å²) in [5.41, 5.74) is 6.83. The summed E-state index contributed by atoms with van der Waals surface area (Å²) in [6.07, 6.45) is 3.57. The van der Waals surface area contributed by atoms with E-state index in [1.807, 2.05) is 18.2 Å². The summed E-state index contributed by atoms with van der Waals surface area (Å²) in [7, 11) is 1.57. The Bertz CT molecular complexity index is 990. The molecule has 0 spiro atoms. The smallest absolute Gasteiger partial charge is 0.325 e. The fraction of sp³-hybridized carbons (Fsp3) is 0.222. The molecule has 0 bridgehead atoms. The van der Waals surface area contributed by atoms with Gasteiger partial charge < -0.3 is 21.1 Å². The molecule has 0 unspecified atom stereocenters. The van der Waals surface area contributed by atoms with Crippen LogP contribution in [0.3, 0.4) is 0 Å². The van der Waals surface area contributed by atoms with Crippen molar-refractivity contribution in [1.82, 2.24) is 15.3 Å². The van der Waals surface area contributed by atoms with Crippen molar-refractivity contribution in [3.63, 3.8) is 0 Å². The molecule has 146 valence electrons. The Labute approximate surface area is 165 Å². The zero-order valence-electron chi connectivity index (χ0n) is 15.2. The van der Waals surface area contributed by atoms with Crippen molar-refractivity contribution >= 4 is 44.3 Å². The first-order valence-electron chi connectivity index (χ1n) is 8.55. The van der Waals surface area contributed by atoms with Gasteiger partial charge in [-0.05, 0) is 31.2 Å². The molecule has 0 saturated carbocycles. The summed E-state index contributed by atoms with van der Waals surface area (Å²) >= 11 is 1.33. The Balaban J connectivity index is 1.65. The first-order chi connectivity index (χ1) is 13.6. The van der Waals surface area contributed by atoms with Crippen LogP contribution in [-0.2, 0) is 0 Å². The maximum Gasteiger partial charge on any atom is 0.325 e. The molecule has 5 N–H and O–H groups in total. The zero-order chi connectivity index (χ0) is 19.9. The molecule has 28 heavy (non-hydrogen) atoms. The highest BCUT2D eigenvalue weighted by atomic mass is 32.1. The highest BCUT2D eigenvalue weighted by molar-refractivity contribution is 7.22. The second kappa shape index (κ2) is 9.11. The third-order valence-electron chi connectivity index (χ3n) is 3.75. The molecule has 9 nitrogen and oxygen atoms in total. The molecule has 0 atom stereocenters. The van der Waals surface area contributed by atoms with Crippen molar-refractivity contribution in [3.05, 3.63) is 42.2 Å². The number of nitrogens with zero attached hydrogens (tertiary/aromatic N) is 2. The number of rotatable bonds is 7. The number of thiazole rings is 1. The topological polar surface area (TPSA) is 131 Å². The van der Waals surface area contributed by atoms with Crippen LogP contribution in [0.5, 0.6) is 5.75 Å². The van der Waals surface area contributed by atoms with E-state index in [0.29, 0.717) is 47.2 Å². The fourth-order valence-corrected chi connectivity index (χ4v) is 3.32. The number of hydrogen-bond acceptors (Lipinski definition) is 7. The minimum atomic E-state index is -0.486. The van der Waals surface area contributed by atoms with Crippen LogP contribution in [0.25, 0.3) is 10.2 Å². The van der Waals surface area contributed by atoms with Gasteiger partial charge in [0, 0.05) is 12.7 Å². The Kier molecular flexibility index (Phi) is 6.35. The quantitative estimate of drug-likeness (QED) is 0.451. The lowest BCUT2D eigenvalue weighted by atomic mass is 10.2. The van der Waals surface area contributed by atoms with Crippen molar-refractivity contribution in [2.45, 2.75) is 6.42 Å².